The topological polar surface area (TPSA) is 54.7 Å². The van der Waals surface area contributed by atoms with E-state index in [9.17, 15) is 13.2 Å². The smallest absolute Gasteiger partial charge is 0.330 e. The fraction of sp³-hybridized carbons (Fsp3) is 0.250. The molecule has 0 fully saturated rings. The maximum absolute atomic E-state index is 12.8. The Kier molecular flexibility index (Phi) is 3.38. The molecule has 2 rings (SSSR count). The van der Waals surface area contributed by atoms with Gasteiger partial charge in [-0.1, -0.05) is 18.2 Å². The lowest BCUT2D eigenvalue weighted by molar-refractivity contribution is -0.137. The van der Waals surface area contributed by atoms with Gasteiger partial charge in [-0.3, -0.25) is 5.10 Å². The number of nitrogens with two attached hydrogens (primary N) is 1. The first-order valence-electron chi connectivity index (χ1n) is 5.43. The lowest BCUT2D eigenvalue weighted by Gasteiger charge is -2.10. The van der Waals surface area contributed by atoms with Crippen molar-refractivity contribution < 1.29 is 13.2 Å². The van der Waals surface area contributed by atoms with E-state index in [4.69, 9.17) is 5.73 Å². The highest BCUT2D eigenvalue weighted by Crippen LogP contribution is 2.36. The summed E-state index contributed by atoms with van der Waals surface area (Å²) in [4.78, 5) is 0. The van der Waals surface area contributed by atoms with Crippen molar-refractivity contribution in [1.82, 2.24) is 10.2 Å². The third-order valence-electron chi connectivity index (χ3n) is 2.55. The van der Waals surface area contributed by atoms with Crippen molar-refractivity contribution in [3.63, 3.8) is 0 Å². The SMILES string of the molecule is NCCc1cc(-c2ccccc2C(F)(F)F)n[nH]1. The Hall–Kier alpha value is -1.82. The van der Waals surface area contributed by atoms with Gasteiger partial charge in [-0.2, -0.15) is 18.3 Å². The molecule has 0 radical (unpaired) electrons. The third kappa shape index (κ3) is 2.53. The Bertz CT molecular complexity index is 531. The zero-order chi connectivity index (χ0) is 13.2. The van der Waals surface area contributed by atoms with Crippen LogP contribution in [0, 0.1) is 0 Å². The van der Waals surface area contributed by atoms with E-state index in [0.717, 1.165) is 11.8 Å². The van der Waals surface area contributed by atoms with Crippen molar-refractivity contribution >= 4 is 0 Å². The van der Waals surface area contributed by atoms with E-state index in [1.165, 1.54) is 12.1 Å². The number of rotatable bonds is 3. The number of hydrogen-bond donors (Lipinski definition) is 2. The molecule has 3 nitrogen and oxygen atoms in total. The third-order valence-corrected chi connectivity index (χ3v) is 2.55. The molecule has 0 saturated carbocycles. The predicted molar refractivity (Wildman–Crippen MR) is 61.8 cm³/mol. The summed E-state index contributed by atoms with van der Waals surface area (Å²) in [5.41, 5.74) is 5.78. The first-order chi connectivity index (χ1) is 8.52. The molecule has 0 amide bonds. The van der Waals surface area contributed by atoms with E-state index >= 15 is 0 Å². The van der Waals surface area contributed by atoms with Gasteiger partial charge in [0, 0.05) is 17.7 Å². The Labute approximate surface area is 102 Å². The molecular formula is C12H12F3N3. The van der Waals surface area contributed by atoms with Gasteiger partial charge in [-0.25, -0.2) is 0 Å². The molecular weight excluding hydrogens is 243 g/mol. The summed E-state index contributed by atoms with van der Waals surface area (Å²) >= 11 is 0. The number of nitrogens with one attached hydrogen (secondary N) is 1. The second kappa shape index (κ2) is 4.81. The monoisotopic (exact) mass is 255 g/mol. The molecule has 18 heavy (non-hydrogen) atoms. The van der Waals surface area contributed by atoms with Crippen LogP contribution in [0.25, 0.3) is 11.3 Å². The number of benzene rings is 1. The Morgan fingerprint density at radius 1 is 1.22 bits per heavy atom. The van der Waals surface area contributed by atoms with Gasteiger partial charge in [0.15, 0.2) is 0 Å². The summed E-state index contributed by atoms with van der Waals surface area (Å²) in [6.07, 6.45) is -3.83. The highest BCUT2D eigenvalue weighted by Gasteiger charge is 2.33. The highest BCUT2D eigenvalue weighted by molar-refractivity contribution is 5.64. The van der Waals surface area contributed by atoms with Gasteiger partial charge < -0.3 is 5.73 Å². The van der Waals surface area contributed by atoms with E-state index < -0.39 is 11.7 Å². The first-order valence-corrected chi connectivity index (χ1v) is 5.43. The second-order valence-electron chi connectivity index (χ2n) is 3.86. The van der Waals surface area contributed by atoms with Gasteiger partial charge >= 0.3 is 6.18 Å². The van der Waals surface area contributed by atoms with Crippen LogP contribution in [-0.2, 0) is 12.6 Å². The second-order valence-corrected chi connectivity index (χ2v) is 3.86. The molecule has 0 spiro atoms. The average Bonchev–Trinajstić information content (AvgIpc) is 2.77. The van der Waals surface area contributed by atoms with Crippen molar-refractivity contribution in [1.29, 1.82) is 0 Å². The van der Waals surface area contributed by atoms with Crippen LogP contribution in [0.4, 0.5) is 13.2 Å². The fourth-order valence-corrected chi connectivity index (χ4v) is 1.74. The summed E-state index contributed by atoms with van der Waals surface area (Å²) in [6, 6.07) is 6.97. The molecule has 1 heterocycles. The highest BCUT2D eigenvalue weighted by atomic mass is 19.4. The number of aromatic amines is 1. The zero-order valence-electron chi connectivity index (χ0n) is 9.46. The summed E-state index contributed by atoms with van der Waals surface area (Å²) in [7, 11) is 0. The van der Waals surface area contributed by atoms with E-state index in [2.05, 4.69) is 10.2 Å². The molecule has 0 unspecified atom stereocenters. The molecule has 1 aromatic heterocycles. The quantitative estimate of drug-likeness (QED) is 0.885. The van der Waals surface area contributed by atoms with Crippen LogP contribution in [0.1, 0.15) is 11.3 Å². The summed E-state index contributed by atoms with van der Waals surface area (Å²) in [6.45, 7) is 0.419. The van der Waals surface area contributed by atoms with Gasteiger partial charge in [0.05, 0.1) is 11.3 Å². The minimum Gasteiger partial charge on any atom is -0.330 e. The standard InChI is InChI=1S/C12H12F3N3/c13-12(14,15)10-4-2-1-3-9(10)11-7-8(5-6-16)17-18-11/h1-4,7H,5-6,16H2,(H,17,18). The Morgan fingerprint density at radius 3 is 2.61 bits per heavy atom. The predicted octanol–water partition coefficient (Wildman–Crippen LogP) is 2.60. The van der Waals surface area contributed by atoms with Crippen LogP contribution in [0.15, 0.2) is 30.3 Å². The normalized spacial score (nSPS) is 11.8. The Morgan fingerprint density at radius 2 is 1.94 bits per heavy atom. The number of hydrogen-bond acceptors (Lipinski definition) is 2. The van der Waals surface area contributed by atoms with Gasteiger partial charge in [0.2, 0.25) is 0 Å². The van der Waals surface area contributed by atoms with Crippen LogP contribution in [0.5, 0.6) is 0 Å². The van der Waals surface area contributed by atoms with Crippen molar-refractivity contribution in [3.05, 3.63) is 41.6 Å². The lowest BCUT2D eigenvalue weighted by atomic mass is 10.0. The molecule has 96 valence electrons. The zero-order valence-corrected chi connectivity index (χ0v) is 9.46. The minimum absolute atomic E-state index is 0.0736. The van der Waals surface area contributed by atoms with Gasteiger partial charge in [-0.05, 0) is 18.7 Å². The summed E-state index contributed by atoms with van der Waals surface area (Å²) < 4.78 is 38.5. The molecule has 3 N–H and O–H groups in total. The molecule has 0 atom stereocenters. The number of H-pyrrole nitrogens is 1. The van der Waals surface area contributed by atoms with Crippen molar-refractivity contribution in [2.45, 2.75) is 12.6 Å². The Balaban J connectivity index is 2.43. The lowest BCUT2D eigenvalue weighted by Crippen LogP contribution is -2.06. The molecule has 0 bridgehead atoms. The van der Waals surface area contributed by atoms with E-state index in [1.54, 1.807) is 12.1 Å². The molecule has 0 aliphatic heterocycles. The fourth-order valence-electron chi connectivity index (χ4n) is 1.74. The van der Waals surface area contributed by atoms with Crippen LogP contribution in [0.3, 0.4) is 0 Å². The van der Waals surface area contributed by atoms with Crippen LogP contribution in [-0.4, -0.2) is 16.7 Å². The average molecular weight is 255 g/mol. The summed E-state index contributed by atoms with van der Waals surface area (Å²) in [5, 5.41) is 6.59. The molecule has 0 aliphatic carbocycles. The van der Waals surface area contributed by atoms with Gasteiger partial charge in [0.25, 0.3) is 0 Å². The molecule has 1 aromatic carbocycles. The maximum atomic E-state index is 12.8. The number of aromatic nitrogens is 2. The maximum Gasteiger partial charge on any atom is 0.417 e. The van der Waals surface area contributed by atoms with Gasteiger partial charge in [-0.15, -0.1) is 0 Å². The molecule has 0 aliphatic rings. The molecule has 6 heteroatoms. The van der Waals surface area contributed by atoms with E-state index in [-0.39, 0.29) is 11.3 Å². The van der Waals surface area contributed by atoms with E-state index in [1.807, 2.05) is 0 Å². The number of nitrogens with zero attached hydrogens (tertiary/aromatic N) is 1. The van der Waals surface area contributed by atoms with Crippen molar-refractivity contribution in [2.75, 3.05) is 6.54 Å². The molecule has 2 aromatic rings. The van der Waals surface area contributed by atoms with Crippen molar-refractivity contribution in [3.8, 4) is 11.3 Å². The van der Waals surface area contributed by atoms with E-state index in [0.29, 0.717) is 13.0 Å². The van der Waals surface area contributed by atoms with Crippen molar-refractivity contribution in [2.24, 2.45) is 5.73 Å². The number of halogens is 3. The van der Waals surface area contributed by atoms with Crippen LogP contribution >= 0.6 is 0 Å². The van der Waals surface area contributed by atoms with Gasteiger partial charge in [0.1, 0.15) is 0 Å². The van der Waals surface area contributed by atoms with Crippen LogP contribution < -0.4 is 5.73 Å². The summed E-state index contributed by atoms with van der Waals surface area (Å²) in [5.74, 6) is 0. The van der Waals surface area contributed by atoms with Crippen LogP contribution in [0.2, 0.25) is 0 Å². The number of alkyl halides is 3. The largest absolute Gasteiger partial charge is 0.417 e. The minimum atomic E-state index is -4.39. The molecule has 0 saturated heterocycles. The first kappa shape index (κ1) is 12.6.